The Kier molecular flexibility index (Phi) is 4.34. The summed E-state index contributed by atoms with van der Waals surface area (Å²) in [6, 6.07) is 12.0. The molecular formula is C17H13ClO5S. The van der Waals surface area contributed by atoms with Gasteiger partial charge in [-0.3, -0.25) is 0 Å². The van der Waals surface area contributed by atoms with Crippen LogP contribution in [0.2, 0.25) is 5.02 Å². The summed E-state index contributed by atoms with van der Waals surface area (Å²) in [5, 5.41) is 1.000. The minimum absolute atomic E-state index is 0.141. The van der Waals surface area contributed by atoms with Gasteiger partial charge in [-0.1, -0.05) is 11.6 Å². The molecule has 0 N–H and O–H groups in total. The summed E-state index contributed by atoms with van der Waals surface area (Å²) in [6.07, 6.45) is 0. The molecule has 0 aliphatic heterocycles. The van der Waals surface area contributed by atoms with Gasteiger partial charge in [0.15, 0.2) is 9.84 Å². The van der Waals surface area contributed by atoms with Gasteiger partial charge in [0.1, 0.15) is 11.3 Å². The molecule has 0 unspecified atom stereocenters. The van der Waals surface area contributed by atoms with Gasteiger partial charge in [-0.05, 0) is 42.0 Å². The molecule has 0 aliphatic carbocycles. The van der Waals surface area contributed by atoms with Crippen molar-refractivity contribution in [3.63, 3.8) is 0 Å². The maximum Gasteiger partial charge on any atom is 0.336 e. The predicted molar refractivity (Wildman–Crippen MR) is 91.4 cm³/mol. The van der Waals surface area contributed by atoms with Crippen LogP contribution in [0.4, 0.5) is 0 Å². The van der Waals surface area contributed by atoms with Crippen LogP contribution in [0.1, 0.15) is 5.56 Å². The number of ether oxygens (including phenoxy) is 1. The second-order valence-electron chi connectivity index (χ2n) is 5.17. The highest BCUT2D eigenvalue weighted by molar-refractivity contribution is 7.90. The summed E-state index contributed by atoms with van der Waals surface area (Å²) < 4.78 is 35.4. The topological polar surface area (TPSA) is 73.6 Å². The number of benzene rings is 2. The van der Waals surface area contributed by atoms with E-state index in [1.807, 2.05) is 0 Å². The van der Waals surface area contributed by atoms with Crippen LogP contribution in [-0.2, 0) is 15.6 Å². The molecule has 2 aromatic carbocycles. The van der Waals surface area contributed by atoms with Crippen molar-refractivity contribution >= 4 is 32.4 Å². The molecule has 0 saturated carbocycles. The lowest BCUT2D eigenvalue weighted by atomic mass is 10.1. The van der Waals surface area contributed by atoms with Gasteiger partial charge in [-0.2, -0.15) is 0 Å². The summed E-state index contributed by atoms with van der Waals surface area (Å²) in [5.74, 6) is 0.201. The van der Waals surface area contributed by atoms with Gasteiger partial charge >= 0.3 is 5.63 Å². The Hall–Kier alpha value is -2.31. The SMILES string of the molecule is COc1ccc2c(CS(=O)(=O)c3ccc(Cl)cc3)cc(=O)oc2c1. The molecule has 124 valence electrons. The molecule has 0 aliphatic rings. The quantitative estimate of drug-likeness (QED) is 0.663. The van der Waals surface area contributed by atoms with Gasteiger partial charge in [0.25, 0.3) is 0 Å². The first-order chi connectivity index (χ1) is 11.4. The van der Waals surface area contributed by atoms with E-state index < -0.39 is 15.5 Å². The normalized spacial score (nSPS) is 11.6. The average Bonchev–Trinajstić information content (AvgIpc) is 2.54. The molecule has 24 heavy (non-hydrogen) atoms. The van der Waals surface area contributed by atoms with Gasteiger partial charge in [0.05, 0.1) is 17.8 Å². The van der Waals surface area contributed by atoms with Crippen LogP contribution >= 0.6 is 11.6 Å². The fourth-order valence-corrected chi connectivity index (χ4v) is 3.88. The van der Waals surface area contributed by atoms with Crippen molar-refractivity contribution < 1.29 is 17.6 Å². The molecule has 0 bridgehead atoms. The third kappa shape index (κ3) is 3.29. The van der Waals surface area contributed by atoms with E-state index in [-0.39, 0.29) is 16.2 Å². The van der Waals surface area contributed by atoms with Gasteiger partial charge in [-0.25, -0.2) is 13.2 Å². The molecule has 5 nitrogen and oxygen atoms in total. The Balaban J connectivity index is 2.09. The monoisotopic (exact) mass is 364 g/mol. The lowest BCUT2D eigenvalue weighted by Gasteiger charge is -2.08. The second kappa shape index (κ2) is 6.30. The molecule has 7 heteroatoms. The molecular weight excluding hydrogens is 352 g/mol. The number of sulfone groups is 1. The van der Waals surface area contributed by atoms with E-state index in [9.17, 15) is 13.2 Å². The van der Waals surface area contributed by atoms with Crippen LogP contribution in [0.3, 0.4) is 0 Å². The Morgan fingerprint density at radius 3 is 2.46 bits per heavy atom. The van der Waals surface area contributed by atoms with Crippen LogP contribution < -0.4 is 10.4 Å². The lowest BCUT2D eigenvalue weighted by Crippen LogP contribution is -2.08. The van der Waals surface area contributed by atoms with E-state index in [2.05, 4.69) is 0 Å². The van der Waals surface area contributed by atoms with Crippen LogP contribution in [0.5, 0.6) is 5.75 Å². The zero-order valence-corrected chi connectivity index (χ0v) is 14.2. The predicted octanol–water partition coefficient (Wildman–Crippen LogP) is 3.43. The first kappa shape index (κ1) is 16.5. The molecule has 3 rings (SSSR count). The summed E-state index contributed by atoms with van der Waals surface area (Å²) in [4.78, 5) is 11.9. The summed E-state index contributed by atoms with van der Waals surface area (Å²) in [5.41, 5.74) is 0.0408. The maximum absolute atomic E-state index is 12.6. The number of halogens is 1. The third-order valence-corrected chi connectivity index (χ3v) is 5.49. The smallest absolute Gasteiger partial charge is 0.336 e. The van der Waals surface area contributed by atoms with Crippen molar-refractivity contribution in [3.8, 4) is 5.75 Å². The van der Waals surface area contributed by atoms with Crippen molar-refractivity contribution in [1.82, 2.24) is 0 Å². The lowest BCUT2D eigenvalue weighted by molar-refractivity contribution is 0.414. The number of fused-ring (bicyclic) bond motifs is 1. The average molecular weight is 365 g/mol. The largest absolute Gasteiger partial charge is 0.497 e. The van der Waals surface area contributed by atoms with Crippen LogP contribution in [0, 0.1) is 0 Å². The highest BCUT2D eigenvalue weighted by atomic mass is 35.5. The second-order valence-corrected chi connectivity index (χ2v) is 7.59. The van der Waals surface area contributed by atoms with Crippen molar-refractivity contribution in [2.24, 2.45) is 0 Å². The van der Waals surface area contributed by atoms with Gasteiger partial charge in [0.2, 0.25) is 0 Å². The zero-order valence-electron chi connectivity index (χ0n) is 12.7. The Labute approximate surface area is 143 Å². The van der Waals surface area contributed by atoms with Crippen LogP contribution in [0.15, 0.2) is 62.6 Å². The van der Waals surface area contributed by atoms with E-state index in [4.69, 9.17) is 20.8 Å². The van der Waals surface area contributed by atoms with Gasteiger partial charge < -0.3 is 9.15 Å². The van der Waals surface area contributed by atoms with Crippen molar-refractivity contribution in [3.05, 3.63) is 69.5 Å². The Bertz CT molecular complexity index is 1050. The van der Waals surface area contributed by atoms with Crippen molar-refractivity contribution in [1.29, 1.82) is 0 Å². The molecule has 0 amide bonds. The molecule has 1 heterocycles. The minimum Gasteiger partial charge on any atom is -0.497 e. The summed E-state index contributed by atoms with van der Waals surface area (Å²) in [6.45, 7) is 0. The van der Waals surface area contributed by atoms with Crippen molar-refractivity contribution in [2.45, 2.75) is 10.6 Å². The summed E-state index contributed by atoms with van der Waals surface area (Å²) in [7, 11) is -2.13. The Morgan fingerprint density at radius 1 is 1.08 bits per heavy atom. The fourth-order valence-electron chi connectivity index (χ4n) is 2.39. The molecule has 0 spiro atoms. The molecule has 0 fully saturated rings. The number of hydrogen-bond acceptors (Lipinski definition) is 5. The molecule has 1 aromatic heterocycles. The molecule has 0 radical (unpaired) electrons. The van der Waals surface area contributed by atoms with Crippen LogP contribution in [0.25, 0.3) is 11.0 Å². The molecule has 3 aromatic rings. The number of hydrogen-bond donors (Lipinski definition) is 0. The van der Waals surface area contributed by atoms with Gasteiger partial charge in [-0.15, -0.1) is 0 Å². The van der Waals surface area contributed by atoms with Gasteiger partial charge in [0, 0.05) is 22.5 Å². The van der Waals surface area contributed by atoms with E-state index >= 15 is 0 Å². The standard InChI is InChI=1S/C17H13ClO5S/c1-22-13-4-7-15-11(8-17(19)23-16(15)9-13)10-24(20,21)14-5-2-12(18)3-6-14/h2-9H,10H2,1H3. The third-order valence-electron chi connectivity index (χ3n) is 3.56. The number of rotatable bonds is 4. The highest BCUT2D eigenvalue weighted by Gasteiger charge is 2.18. The first-order valence-electron chi connectivity index (χ1n) is 6.98. The van der Waals surface area contributed by atoms with E-state index in [0.717, 1.165) is 0 Å². The fraction of sp³-hybridized carbons (Fsp3) is 0.118. The van der Waals surface area contributed by atoms with Crippen molar-refractivity contribution in [2.75, 3.05) is 7.11 Å². The maximum atomic E-state index is 12.6. The minimum atomic E-state index is -3.62. The van der Waals surface area contributed by atoms with E-state index in [0.29, 0.717) is 21.7 Å². The molecule has 0 saturated heterocycles. The van der Waals surface area contributed by atoms with E-state index in [1.54, 1.807) is 18.2 Å². The number of methoxy groups -OCH3 is 1. The van der Waals surface area contributed by atoms with E-state index in [1.165, 1.54) is 37.4 Å². The highest BCUT2D eigenvalue weighted by Crippen LogP contribution is 2.26. The zero-order chi connectivity index (χ0) is 17.3. The molecule has 0 atom stereocenters. The summed E-state index contributed by atoms with van der Waals surface area (Å²) >= 11 is 5.79. The Morgan fingerprint density at radius 2 is 1.79 bits per heavy atom. The van der Waals surface area contributed by atoms with Crippen LogP contribution in [-0.4, -0.2) is 15.5 Å². The first-order valence-corrected chi connectivity index (χ1v) is 9.01.